The Morgan fingerprint density at radius 2 is 1.71 bits per heavy atom. The van der Waals surface area contributed by atoms with Crippen LogP contribution in [0.4, 0.5) is 26.3 Å². The number of halogens is 6. The van der Waals surface area contributed by atoms with Gasteiger partial charge < -0.3 is 20.2 Å². The van der Waals surface area contributed by atoms with Gasteiger partial charge in [-0.05, 0) is 18.2 Å². The molecule has 1 N–H and O–H groups in total. The maximum absolute atomic E-state index is 12.2. The van der Waals surface area contributed by atoms with E-state index in [1.807, 2.05) is 0 Å². The third-order valence-electron chi connectivity index (χ3n) is 3.48. The quantitative estimate of drug-likeness (QED) is 0.267. The summed E-state index contributed by atoms with van der Waals surface area (Å²) < 4.78 is 73.2. The van der Waals surface area contributed by atoms with Crippen LogP contribution in [0, 0.1) is 6.07 Å². The first-order valence-corrected chi connectivity index (χ1v) is 8.08. The minimum absolute atomic E-state index is 0. The minimum Gasteiger partial charge on any atom is -0.573 e. The van der Waals surface area contributed by atoms with Crippen molar-refractivity contribution in [2.45, 2.75) is 12.4 Å². The number of rotatable bonds is 2. The number of H-pyrrole nitrogens is 1. The van der Waals surface area contributed by atoms with E-state index in [2.05, 4.69) is 36.2 Å². The zero-order chi connectivity index (χ0) is 21.8. The van der Waals surface area contributed by atoms with Crippen LogP contribution in [0.3, 0.4) is 0 Å². The smallest absolute Gasteiger partial charge is 0.433 e. The van der Waals surface area contributed by atoms with Crippen LogP contribution in [0.2, 0.25) is 0 Å². The molecular weight excluding hydrogens is 606 g/mol. The van der Waals surface area contributed by atoms with Gasteiger partial charge in [0.25, 0.3) is 0 Å². The topological polar surface area (TPSA) is 81.5 Å². The summed E-state index contributed by atoms with van der Waals surface area (Å²) in [5, 5.41) is 6.47. The number of aromatic nitrogens is 6. The van der Waals surface area contributed by atoms with E-state index in [4.69, 9.17) is 0 Å². The van der Waals surface area contributed by atoms with Crippen molar-refractivity contribution in [1.29, 1.82) is 0 Å². The van der Waals surface area contributed by atoms with Crippen molar-refractivity contribution in [3.05, 3.63) is 72.6 Å². The van der Waals surface area contributed by atoms with Crippen LogP contribution in [0.5, 0.6) is 0 Å². The first-order chi connectivity index (χ1) is 14.1. The second-order valence-corrected chi connectivity index (χ2v) is 5.61. The first-order valence-electron chi connectivity index (χ1n) is 8.08. The van der Waals surface area contributed by atoms with Gasteiger partial charge in [0.15, 0.2) is 5.69 Å². The molecule has 0 saturated carbocycles. The molecule has 0 atom stereocenters. The molecule has 0 aliphatic heterocycles. The maximum Gasteiger partial charge on any atom is 0.433 e. The minimum atomic E-state index is -4.46. The van der Waals surface area contributed by atoms with E-state index in [1.54, 1.807) is 18.2 Å². The van der Waals surface area contributed by atoms with Crippen molar-refractivity contribution in [2.24, 2.45) is 0 Å². The second kappa shape index (κ2) is 9.84. The summed E-state index contributed by atoms with van der Waals surface area (Å²) in [4.78, 5) is 13.5. The van der Waals surface area contributed by atoms with Gasteiger partial charge in [-0.15, -0.1) is 12.1 Å². The van der Waals surface area contributed by atoms with Crippen LogP contribution in [-0.4, -0.2) is 25.0 Å². The molecule has 0 aliphatic rings. The first kappa shape index (κ1) is 24.2. The van der Waals surface area contributed by atoms with Crippen molar-refractivity contribution >= 4 is 0 Å². The van der Waals surface area contributed by atoms with Gasteiger partial charge in [-0.1, -0.05) is 29.7 Å². The zero-order valence-electron chi connectivity index (χ0n) is 15.0. The molecule has 0 fully saturated rings. The number of imidazole rings is 1. The van der Waals surface area contributed by atoms with Crippen LogP contribution in [0.15, 0.2) is 55.1 Å². The molecule has 13 heteroatoms. The molecule has 6 nitrogen and oxygen atoms in total. The van der Waals surface area contributed by atoms with E-state index in [0.29, 0.717) is 11.3 Å². The monoisotopic (exact) mass is 617 g/mol. The number of hydrogen-bond donors (Lipinski definition) is 1. The zero-order valence-corrected chi connectivity index (χ0v) is 17.4. The Morgan fingerprint density at radius 3 is 2.23 bits per heavy atom. The molecule has 0 aliphatic carbocycles. The van der Waals surface area contributed by atoms with Gasteiger partial charge in [0.1, 0.15) is 5.69 Å². The molecule has 4 rings (SSSR count). The summed E-state index contributed by atoms with van der Waals surface area (Å²) in [7, 11) is 0. The Labute approximate surface area is 184 Å². The maximum atomic E-state index is 12.2. The summed E-state index contributed by atoms with van der Waals surface area (Å²) in [6.07, 6.45) is -3.72. The van der Waals surface area contributed by atoms with Crippen LogP contribution in [0.1, 0.15) is 11.4 Å². The molecule has 4 aromatic heterocycles. The number of alkyl halides is 6. The second-order valence-electron chi connectivity index (χ2n) is 5.61. The Bertz CT molecular complexity index is 988. The molecule has 0 amide bonds. The average molecular weight is 617 g/mol. The molecule has 4 aromatic rings. The molecule has 4 heterocycles. The van der Waals surface area contributed by atoms with E-state index in [9.17, 15) is 26.3 Å². The molecular formula is C18H10F6IrN6-2. The largest absolute Gasteiger partial charge is 0.573 e. The Morgan fingerprint density at radius 1 is 0.968 bits per heavy atom. The van der Waals surface area contributed by atoms with Crippen LogP contribution in [0.25, 0.3) is 22.8 Å². The van der Waals surface area contributed by atoms with Gasteiger partial charge in [-0.25, -0.2) is 0 Å². The van der Waals surface area contributed by atoms with Crippen molar-refractivity contribution in [3.8, 4) is 22.8 Å². The van der Waals surface area contributed by atoms with Gasteiger partial charge in [0.05, 0.1) is 5.82 Å². The fourth-order valence-electron chi connectivity index (χ4n) is 2.13. The van der Waals surface area contributed by atoms with Crippen molar-refractivity contribution < 1.29 is 46.4 Å². The van der Waals surface area contributed by atoms with Crippen molar-refractivity contribution in [2.75, 3.05) is 0 Å². The van der Waals surface area contributed by atoms with Gasteiger partial charge >= 0.3 is 12.4 Å². The third kappa shape index (κ3) is 6.46. The summed E-state index contributed by atoms with van der Waals surface area (Å²) in [6, 6.07) is 10.0. The summed E-state index contributed by atoms with van der Waals surface area (Å²) >= 11 is 0. The van der Waals surface area contributed by atoms with E-state index in [1.165, 1.54) is 24.7 Å². The molecule has 0 saturated heterocycles. The van der Waals surface area contributed by atoms with E-state index in [0.717, 1.165) is 12.3 Å². The predicted molar refractivity (Wildman–Crippen MR) is 91.4 cm³/mol. The number of aromatic amines is 1. The fourth-order valence-corrected chi connectivity index (χ4v) is 2.13. The Balaban J connectivity index is 0.000000213. The molecule has 0 aromatic carbocycles. The fraction of sp³-hybridized carbons (Fsp3) is 0.111. The molecule has 0 spiro atoms. The normalized spacial score (nSPS) is 11.3. The number of pyridine rings is 2. The molecule has 1 radical (unpaired) electrons. The van der Waals surface area contributed by atoms with Gasteiger partial charge in [-0.3, -0.25) is 9.97 Å². The molecule has 31 heavy (non-hydrogen) atoms. The molecule has 0 unspecified atom stereocenters. The Kier molecular flexibility index (Phi) is 7.69. The van der Waals surface area contributed by atoms with Crippen molar-refractivity contribution in [3.63, 3.8) is 0 Å². The summed E-state index contributed by atoms with van der Waals surface area (Å²) in [5.74, 6) is 0.107. The number of nitrogens with zero attached hydrogens (tertiary/aromatic N) is 5. The van der Waals surface area contributed by atoms with E-state index < -0.39 is 23.7 Å². The average Bonchev–Trinajstić information content (AvgIpc) is 3.40. The van der Waals surface area contributed by atoms with Crippen molar-refractivity contribution in [1.82, 2.24) is 30.1 Å². The number of nitrogens with one attached hydrogen (secondary N) is 1. The van der Waals surface area contributed by atoms with E-state index in [-0.39, 0.29) is 31.6 Å². The van der Waals surface area contributed by atoms with Crippen LogP contribution < -0.4 is 5.10 Å². The van der Waals surface area contributed by atoms with Gasteiger partial charge in [0, 0.05) is 38.2 Å². The number of hydrogen-bond acceptors (Lipinski definition) is 4. The Hall–Kier alpha value is -3.05. The summed E-state index contributed by atoms with van der Waals surface area (Å²) in [5.41, 5.74) is -1.05. The molecule has 0 bridgehead atoms. The molecule has 165 valence electrons. The summed E-state index contributed by atoms with van der Waals surface area (Å²) in [6.45, 7) is 0. The third-order valence-corrected chi connectivity index (χ3v) is 3.48. The van der Waals surface area contributed by atoms with Gasteiger partial charge in [0.2, 0.25) is 0 Å². The predicted octanol–water partition coefficient (Wildman–Crippen LogP) is 4.41. The SMILES string of the molecule is FC(F)(F)c1c[nH]c(-c2[c-]ccnc2)n1.FC(F)(F)c1cc(-c2ccccn2)[n-]n1.[Ir]. The van der Waals surface area contributed by atoms with Crippen LogP contribution >= 0.6 is 0 Å². The van der Waals surface area contributed by atoms with Gasteiger partial charge in [-0.2, -0.15) is 26.3 Å². The standard InChI is InChI=1S/2C9H5F3N3.Ir/c10-9(11,12)7-5-14-8(15-7)6-2-1-3-13-4-6;10-9(11,12)8-5-7(14-15-8)6-3-1-2-4-13-6;/h1,3-5H,(H,14,15);1-5H;/q2*-1;. The van der Waals surface area contributed by atoms with E-state index >= 15 is 0 Å². The van der Waals surface area contributed by atoms with Crippen LogP contribution in [-0.2, 0) is 32.5 Å².